The Bertz CT molecular complexity index is 797. The van der Waals surface area contributed by atoms with E-state index in [1.165, 1.54) is 22.9 Å². The number of thioether (sulfide) groups is 1. The fraction of sp³-hybridized carbons (Fsp3) is 0.111. The highest BCUT2D eigenvalue weighted by Crippen LogP contribution is 2.44. The molecule has 7 heteroatoms. The number of carbonyl (C=O) groups is 1. The SMILES string of the molecule is NNC(=O)N1C=CSC1([C]=O)c1cccc(OCc2ccccc2)c1. The van der Waals surface area contributed by atoms with Gasteiger partial charge in [-0.3, -0.25) is 15.1 Å². The first kappa shape index (κ1) is 17.1. The van der Waals surface area contributed by atoms with Crippen LogP contribution in [0.3, 0.4) is 0 Å². The van der Waals surface area contributed by atoms with Gasteiger partial charge in [0, 0.05) is 11.8 Å². The molecule has 127 valence electrons. The van der Waals surface area contributed by atoms with Crippen LogP contribution in [0.4, 0.5) is 4.79 Å². The Balaban J connectivity index is 1.84. The van der Waals surface area contributed by atoms with Gasteiger partial charge in [-0.15, -0.1) is 0 Å². The summed E-state index contributed by atoms with van der Waals surface area (Å²) in [5, 5.41) is 1.65. The van der Waals surface area contributed by atoms with E-state index < -0.39 is 10.9 Å². The average Bonchev–Trinajstić information content (AvgIpc) is 3.12. The Morgan fingerprint density at radius 2 is 2.04 bits per heavy atom. The smallest absolute Gasteiger partial charge is 0.337 e. The molecule has 6 nitrogen and oxygen atoms in total. The van der Waals surface area contributed by atoms with Crippen molar-refractivity contribution in [3.05, 3.63) is 77.3 Å². The molecule has 1 radical (unpaired) electrons. The number of ether oxygens (including phenoxy) is 1. The fourth-order valence-electron chi connectivity index (χ4n) is 2.51. The van der Waals surface area contributed by atoms with Crippen molar-refractivity contribution in [3.63, 3.8) is 0 Å². The lowest BCUT2D eigenvalue weighted by Crippen LogP contribution is -2.49. The minimum absolute atomic E-state index is 0.403. The molecular weight excluding hydrogens is 338 g/mol. The third-order valence-corrected chi connectivity index (χ3v) is 4.86. The molecule has 1 heterocycles. The summed E-state index contributed by atoms with van der Waals surface area (Å²) in [7, 11) is 0. The van der Waals surface area contributed by atoms with E-state index in [4.69, 9.17) is 10.6 Å². The zero-order chi connectivity index (χ0) is 17.7. The number of nitrogens with one attached hydrogen (secondary N) is 1. The predicted molar refractivity (Wildman–Crippen MR) is 95.9 cm³/mol. The maximum absolute atomic E-state index is 12.0. The van der Waals surface area contributed by atoms with Gasteiger partial charge in [-0.05, 0) is 23.1 Å². The van der Waals surface area contributed by atoms with Crippen LogP contribution in [-0.2, 0) is 16.3 Å². The van der Waals surface area contributed by atoms with Crippen molar-refractivity contribution in [1.29, 1.82) is 0 Å². The monoisotopic (exact) mass is 354 g/mol. The van der Waals surface area contributed by atoms with Gasteiger partial charge in [0.25, 0.3) is 0 Å². The molecule has 0 fully saturated rings. The summed E-state index contributed by atoms with van der Waals surface area (Å²) >= 11 is 1.17. The maximum atomic E-state index is 12.0. The van der Waals surface area contributed by atoms with Crippen LogP contribution in [0, 0.1) is 0 Å². The Morgan fingerprint density at radius 1 is 1.24 bits per heavy atom. The van der Waals surface area contributed by atoms with Crippen molar-refractivity contribution < 1.29 is 14.3 Å². The van der Waals surface area contributed by atoms with E-state index in [1.807, 2.05) is 42.0 Å². The van der Waals surface area contributed by atoms with Crippen molar-refractivity contribution in [2.24, 2.45) is 5.84 Å². The van der Waals surface area contributed by atoms with E-state index in [0.717, 1.165) is 5.56 Å². The molecule has 25 heavy (non-hydrogen) atoms. The van der Waals surface area contributed by atoms with Crippen LogP contribution < -0.4 is 16.0 Å². The van der Waals surface area contributed by atoms with E-state index >= 15 is 0 Å². The third kappa shape index (κ3) is 3.38. The highest BCUT2D eigenvalue weighted by Gasteiger charge is 2.45. The van der Waals surface area contributed by atoms with Crippen LogP contribution in [0.2, 0.25) is 0 Å². The van der Waals surface area contributed by atoms with Gasteiger partial charge in [-0.1, -0.05) is 54.2 Å². The Hall–Kier alpha value is -2.77. The molecule has 0 aliphatic carbocycles. The Labute approximate surface area is 149 Å². The molecule has 2 aromatic rings. The number of nitrogens with zero attached hydrogens (tertiary/aromatic N) is 1. The minimum atomic E-state index is -1.32. The standard InChI is InChI=1S/C18H16N3O3S/c19-20-17(23)21-9-10-25-18(21,13-22)15-7-4-8-16(11-15)24-12-14-5-2-1-3-6-14/h1-11H,12,19H2,(H,20,23). The van der Waals surface area contributed by atoms with Gasteiger partial charge in [-0.25, -0.2) is 10.6 Å². The molecule has 1 atom stereocenters. The fourth-order valence-corrected chi connectivity index (χ4v) is 3.46. The van der Waals surface area contributed by atoms with Crippen molar-refractivity contribution in [1.82, 2.24) is 10.3 Å². The highest BCUT2D eigenvalue weighted by molar-refractivity contribution is 8.03. The first-order chi connectivity index (χ1) is 12.2. The number of hydrazine groups is 1. The van der Waals surface area contributed by atoms with Crippen LogP contribution >= 0.6 is 11.8 Å². The number of carbonyl (C=O) groups excluding carboxylic acids is 2. The molecule has 0 spiro atoms. The Kier molecular flexibility index (Phi) is 5.06. The van der Waals surface area contributed by atoms with Gasteiger partial charge in [0.1, 0.15) is 12.4 Å². The predicted octanol–water partition coefficient (Wildman–Crippen LogP) is 2.63. The van der Waals surface area contributed by atoms with Crippen LogP contribution in [0.25, 0.3) is 0 Å². The number of amides is 2. The highest BCUT2D eigenvalue weighted by atomic mass is 32.2. The van der Waals surface area contributed by atoms with Crippen molar-refractivity contribution in [2.75, 3.05) is 0 Å². The number of nitrogens with two attached hydrogens (primary N) is 1. The molecule has 3 rings (SSSR count). The lowest BCUT2D eigenvalue weighted by Gasteiger charge is -2.31. The van der Waals surface area contributed by atoms with E-state index in [2.05, 4.69) is 0 Å². The molecule has 1 unspecified atom stereocenters. The molecule has 2 amide bonds. The summed E-state index contributed by atoms with van der Waals surface area (Å²) in [6.07, 6.45) is 3.46. The largest absolute Gasteiger partial charge is 0.489 e. The minimum Gasteiger partial charge on any atom is -0.489 e. The molecule has 0 saturated heterocycles. The third-order valence-electron chi connectivity index (χ3n) is 3.74. The number of rotatable bonds is 5. The summed E-state index contributed by atoms with van der Waals surface area (Å²) in [6.45, 7) is 0.403. The summed E-state index contributed by atoms with van der Waals surface area (Å²) in [5.41, 5.74) is 3.65. The topological polar surface area (TPSA) is 84.7 Å². The van der Waals surface area contributed by atoms with Gasteiger partial charge in [0.05, 0.1) is 0 Å². The second-order valence-corrected chi connectivity index (χ2v) is 6.37. The molecule has 0 aromatic heterocycles. The maximum Gasteiger partial charge on any atom is 0.337 e. The molecule has 1 aliphatic rings. The normalized spacial score (nSPS) is 18.8. The van der Waals surface area contributed by atoms with Gasteiger partial charge in [0.15, 0.2) is 4.87 Å². The van der Waals surface area contributed by atoms with E-state index in [1.54, 1.807) is 29.7 Å². The lowest BCUT2D eigenvalue weighted by molar-refractivity contribution is 0.205. The quantitative estimate of drug-likeness (QED) is 0.490. The average molecular weight is 354 g/mol. The summed E-state index contributed by atoms with van der Waals surface area (Å²) < 4.78 is 5.80. The number of hydrogen-bond donors (Lipinski definition) is 2. The van der Waals surface area contributed by atoms with E-state index in [9.17, 15) is 9.59 Å². The number of hydrogen-bond acceptors (Lipinski definition) is 5. The van der Waals surface area contributed by atoms with Gasteiger partial charge in [-0.2, -0.15) is 0 Å². The van der Waals surface area contributed by atoms with E-state index in [-0.39, 0.29) is 0 Å². The van der Waals surface area contributed by atoms with Crippen molar-refractivity contribution in [2.45, 2.75) is 11.5 Å². The van der Waals surface area contributed by atoms with Crippen LogP contribution in [0.15, 0.2) is 66.2 Å². The summed E-state index contributed by atoms with van der Waals surface area (Å²) in [4.78, 5) is 23.6. The van der Waals surface area contributed by atoms with Crippen LogP contribution in [0.1, 0.15) is 11.1 Å². The van der Waals surface area contributed by atoms with Crippen LogP contribution in [0.5, 0.6) is 5.75 Å². The number of benzene rings is 2. The zero-order valence-electron chi connectivity index (χ0n) is 13.2. The van der Waals surface area contributed by atoms with Gasteiger partial charge >= 0.3 is 6.03 Å². The first-order valence-corrected chi connectivity index (χ1v) is 8.38. The second-order valence-electron chi connectivity index (χ2n) is 5.27. The zero-order valence-corrected chi connectivity index (χ0v) is 14.0. The lowest BCUT2D eigenvalue weighted by atomic mass is 10.1. The molecule has 2 aromatic carbocycles. The van der Waals surface area contributed by atoms with Crippen molar-refractivity contribution in [3.8, 4) is 5.75 Å². The molecule has 0 bridgehead atoms. The summed E-state index contributed by atoms with van der Waals surface area (Å²) in [6, 6.07) is 16.2. The van der Waals surface area contributed by atoms with Crippen molar-refractivity contribution >= 4 is 24.1 Å². The Morgan fingerprint density at radius 3 is 2.76 bits per heavy atom. The van der Waals surface area contributed by atoms with E-state index in [0.29, 0.717) is 17.9 Å². The number of urea groups is 1. The second kappa shape index (κ2) is 7.42. The van der Waals surface area contributed by atoms with Crippen LogP contribution in [-0.4, -0.2) is 17.2 Å². The molecule has 1 aliphatic heterocycles. The molecular formula is C18H16N3O3S. The van der Waals surface area contributed by atoms with Gasteiger partial charge < -0.3 is 4.74 Å². The first-order valence-electron chi connectivity index (χ1n) is 7.50. The molecule has 3 N–H and O–H groups in total. The van der Waals surface area contributed by atoms with Gasteiger partial charge in [0.2, 0.25) is 6.29 Å². The molecule has 0 saturated carbocycles. The summed E-state index contributed by atoms with van der Waals surface area (Å²) in [5.74, 6) is 5.80.